The minimum atomic E-state index is -0.945. The average Bonchev–Trinajstić information content (AvgIpc) is 3.15. The quantitative estimate of drug-likeness (QED) is 0.214. The van der Waals surface area contributed by atoms with E-state index in [4.69, 9.17) is 25.8 Å². The van der Waals surface area contributed by atoms with E-state index in [1.54, 1.807) is 61.5 Å². The van der Waals surface area contributed by atoms with E-state index >= 15 is 0 Å². The first kappa shape index (κ1) is 27.1. The molecule has 1 heterocycles. The van der Waals surface area contributed by atoms with Crippen LogP contribution in [0.15, 0.2) is 60.2 Å². The second-order valence-electron chi connectivity index (χ2n) is 9.31. The Balaban J connectivity index is 1.96. The molecule has 0 spiro atoms. The molecule has 0 radical (unpaired) electrons. The Morgan fingerprint density at radius 3 is 2.26 bits per heavy atom. The maximum absolute atomic E-state index is 13.5. The Labute approximate surface area is 227 Å². The third kappa shape index (κ3) is 4.82. The van der Waals surface area contributed by atoms with E-state index in [1.165, 1.54) is 19.1 Å². The Hall–Kier alpha value is -3.97. The Kier molecular flexibility index (Phi) is 7.69. The molecule has 4 rings (SSSR count). The van der Waals surface area contributed by atoms with Crippen molar-refractivity contribution in [3.63, 3.8) is 0 Å². The first-order valence-electron chi connectivity index (χ1n) is 12.1. The first-order chi connectivity index (χ1) is 18.1. The number of hydrogen-bond acceptors (Lipinski definition) is 6. The molecular weight excluding hydrogens is 506 g/mol. The highest BCUT2D eigenvalue weighted by molar-refractivity contribution is 6.52. The second kappa shape index (κ2) is 10.8. The molecule has 3 aromatic rings. The number of hydrogen-bond donors (Lipinski definition) is 1. The minimum Gasteiger partial charge on any atom is -0.507 e. The third-order valence-electron chi connectivity index (χ3n) is 6.48. The van der Waals surface area contributed by atoms with Gasteiger partial charge in [-0.3, -0.25) is 14.5 Å². The Morgan fingerprint density at radius 1 is 0.947 bits per heavy atom. The van der Waals surface area contributed by atoms with Gasteiger partial charge < -0.3 is 19.3 Å². The summed E-state index contributed by atoms with van der Waals surface area (Å²) in [5.74, 6) is -0.282. The van der Waals surface area contributed by atoms with E-state index in [2.05, 4.69) is 0 Å². The van der Waals surface area contributed by atoms with E-state index in [1.807, 2.05) is 20.8 Å². The highest BCUT2D eigenvalue weighted by Gasteiger charge is 2.47. The molecule has 1 saturated heterocycles. The zero-order chi connectivity index (χ0) is 27.7. The van der Waals surface area contributed by atoms with Crippen LogP contribution in [0.1, 0.15) is 42.1 Å². The van der Waals surface area contributed by atoms with Gasteiger partial charge in [0.2, 0.25) is 0 Å². The zero-order valence-electron chi connectivity index (χ0n) is 22.2. The van der Waals surface area contributed by atoms with Gasteiger partial charge in [-0.2, -0.15) is 0 Å². The predicted molar refractivity (Wildman–Crippen MR) is 147 cm³/mol. The summed E-state index contributed by atoms with van der Waals surface area (Å²) < 4.78 is 16.7. The third-order valence-corrected chi connectivity index (χ3v) is 6.89. The summed E-state index contributed by atoms with van der Waals surface area (Å²) in [5.41, 5.74) is 2.79. The number of aliphatic hydroxyl groups excluding tert-OH is 1. The molecule has 3 aromatic carbocycles. The normalized spacial score (nSPS) is 16.7. The lowest BCUT2D eigenvalue weighted by Gasteiger charge is -2.27. The topological polar surface area (TPSA) is 85.3 Å². The molecule has 1 amide bonds. The number of Topliss-reactive ketones (excluding diaryl/α,β-unsaturated/α-hetero) is 1. The number of nitrogens with zero attached hydrogens (tertiary/aromatic N) is 1. The van der Waals surface area contributed by atoms with Crippen molar-refractivity contribution in [2.75, 3.05) is 19.1 Å². The molecule has 1 fully saturated rings. The predicted octanol–water partition coefficient (Wildman–Crippen LogP) is 6.39. The van der Waals surface area contributed by atoms with Crippen molar-refractivity contribution in [3.8, 4) is 17.2 Å². The number of ether oxygens (including phenoxy) is 3. The molecule has 1 atom stereocenters. The monoisotopic (exact) mass is 535 g/mol. The summed E-state index contributed by atoms with van der Waals surface area (Å²) in [6.07, 6.45) is -0.0236. The average molecular weight is 536 g/mol. The van der Waals surface area contributed by atoms with Crippen molar-refractivity contribution >= 4 is 34.7 Å². The van der Waals surface area contributed by atoms with Gasteiger partial charge in [0.1, 0.15) is 11.5 Å². The van der Waals surface area contributed by atoms with Gasteiger partial charge >= 0.3 is 0 Å². The van der Waals surface area contributed by atoms with Crippen LogP contribution in [0.5, 0.6) is 17.2 Å². The maximum Gasteiger partial charge on any atom is 0.300 e. The summed E-state index contributed by atoms with van der Waals surface area (Å²) >= 11 is 6.39. The van der Waals surface area contributed by atoms with Gasteiger partial charge in [-0.25, -0.2) is 0 Å². The smallest absolute Gasteiger partial charge is 0.300 e. The van der Waals surface area contributed by atoms with Crippen LogP contribution in [0.3, 0.4) is 0 Å². The van der Waals surface area contributed by atoms with Crippen LogP contribution in [0.4, 0.5) is 5.69 Å². The number of anilines is 1. The zero-order valence-corrected chi connectivity index (χ0v) is 22.9. The van der Waals surface area contributed by atoms with Crippen LogP contribution < -0.4 is 19.1 Å². The number of amides is 1. The van der Waals surface area contributed by atoms with E-state index in [0.29, 0.717) is 44.6 Å². The molecular formula is C30H30ClNO6. The SMILES string of the molecule is COc1ccc(C2/C(=C(\O)c3ccc(OC(C)C)c(C)c3)C(=O)C(=O)N2c2cccc(Cl)c2C)cc1OC. The fraction of sp³-hybridized carbons (Fsp3) is 0.267. The highest BCUT2D eigenvalue weighted by atomic mass is 35.5. The number of halogens is 1. The largest absolute Gasteiger partial charge is 0.507 e. The second-order valence-corrected chi connectivity index (χ2v) is 9.72. The molecule has 198 valence electrons. The van der Waals surface area contributed by atoms with Gasteiger partial charge in [0.15, 0.2) is 11.5 Å². The lowest BCUT2D eigenvalue weighted by atomic mass is 9.94. The Bertz CT molecular complexity index is 1440. The van der Waals surface area contributed by atoms with Crippen LogP contribution in [-0.4, -0.2) is 37.1 Å². The van der Waals surface area contributed by atoms with Crippen molar-refractivity contribution in [3.05, 3.63) is 87.4 Å². The molecule has 0 saturated carbocycles. The van der Waals surface area contributed by atoms with E-state index in [0.717, 1.165) is 5.56 Å². The van der Waals surface area contributed by atoms with Crippen LogP contribution in [0, 0.1) is 13.8 Å². The van der Waals surface area contributed by atoms with Crippen LogP contribution in [-0.2, 0) is 9.59 Å². The first-order valence-corrected chi connectivity index (χ1v) is 12.5. The van der Waals surface area contributed by atoms with Gasteiger partial charge in [0.25, 0.3) is 11.7 Å². The fourth-order valence-corrected chi connectivity index (χ4v) is 4.78. The highest BCUT2D eigenvalue weighted by Crippen LogP contribution is 2.45. The molecule has 1 aliphatic heterocycles. The number of carbonyl (C=O) groups excluding carboxylic acids is 2. The molecule has 0 bridgehead atoms. The summed E-state index contributed by atoms with van der Waals surface area (Å²) in [4.78, 5) is 28.4. The minimum absolute atomic E-state index is 0.0236. The lowest BCUT2D eigenvalue weighted by Crippen LogP contribution is -2.30. The van der Waals surface area contributed by atoms with E-state index in [-0.39, 0.29) is 17.4 Å². The number of carbonyl (C=O) groups is 2. The summed E-state index contributed by atoms with van der Waals surface area (Å²) in [7, 11) is 3.02. The van der Waals surface area contributed by atoms with Gasteiger partial charge in [-0.05, 0) is 86.8 Å². The molecule has 1 N–H and O–H groups in total. The summed E-state index contributed by atoms with van der Waals surface area (Å²) in [6.45, 7) is 7.49. The van der Waals surface area contributed by atoms with Gasteiger partial charge in [-0.15, -0.1) is 0 Å². The number of methoxy groups -OCH3 is 2. The Morgan fingerprint density at radius 2 is 1.63 bits per heavy atom. The van der Waals surface area contributed by atoms with Gasteiger partial charge in [-0.1, -0.05) is 23.7 Å². The van der Waals surface area contributed by atoms with Crippen LogP contribution in [0.2, 0.25) is 5.02 Å². The molecule has 0 aromatic heterocycles. The molecule has 1 aliphatic rings. The molecule has 8 heteroatoms. The van der Waals surface area contributed by atoms with Crippen LogP contribution >= 0.6 is 11.6 Å². The lowest BCUT2D eigenvalue weighted by molar-refractivity contribution is -0.132. The molecule has 7 nitrogen and oxygen atoms in total. The maximum atomic E-state index is 13.5. The van der Waals surface area contributed by atoms with Gasteiger partial charge in [0.05, 0.1) is 31.9 Å². The number of benzene rings is 3. The van der Waals surface area contributed by atoms with Crippen molar-refractivity contribution in [2.24, 2.45) is 0 Å². The number of ketones is 1. The van der Waals surface area contributed by atoms with Crippen molar-refractivity contribution in [1.29, 1.82) is 0 Å². The van der Waals surface area contributed by atoms with E-state index < -0.39 is 17.7 Å². The van der Waals surface area contributed by atoms with Gasteiger partial charge in [0, 0.05) is 16.3 Å². The summed E-state index contributed by atoms with van der Waals surface area (Å²) in [5, 5.41) is 12.0. The molecule has 0 aliphatic carbocycles. The fourth-order valence-electron chi connectivity index (χ4n) is 4.61. The standard InChI is InChI=1S/C30H30ClNO6/c1-16(2)38-23-12-11-20(14-17(23)3)28(33)26-27(19-10-13-24(36-5)25(15-19)37-6)32(30(35)29(26)34)22-9-7-8-21(31)18(22)4/h7-16,27,33H,1-6H3/b28-26+. The van der Waals surface area contributed by atoms with E-state index in [9.17, 15) is 14.7 Å². The number of aliphatic hydroxyl groups is 1. The number of rotatable bonds is 7. The van der Waals surface area contributed by atoms with Crippen molar-refractivity contribution in [1.82, 2.24) is 0 Å². The number of aryl methyl sites for hydroxylation is 1. The summed E-state index contributed by atoms with van der Waals surface area (Å²) in [6, 6.07) is 14.5. The van der Waals surface area contributed by atoms with Crippen molar-refractivity contribution in [2.45, 2.75) is 39.8 Å². The van der Waals surface area contributed by atoms with Crippen LogP contribution in [0.25, 0.3) is 5.76 Å². The molecule has 1 unspecified atom stereocenters. The van der Waals surface area contributed by atoms with Crippen molar-refractivity contribution < 1.29 is 28.9 Å². The molecule has 38 heavy (non-hydrogen) atoms.